The van der Waals surface area contributed by atoms with Gasteiger partial charge in [0.05, 0.1) is 56.3 Å². The minimum atomic E-state index is -1.18. The van der Waals surface area contributed by atoms with Gasteiger partial charge in [-0.2, -0.15) is 0 Å². The Hall–Kier alpha value is -1.07. The van der Waals surface area contributed by atoms with Crippen molar-refractivity contribution in [3.05, 3.63) is 12.2 Å². The Labute approximate surface area is 337 Å². The van der Waals surface area contributed by atoms with Crippen molar-refractivity contribution < 1.29 is 33.6 Å². The zero-order valence-electron chi connectivity index (χ0n) is 36.2. The second kappa shape index (κ2) is 12.7. The summed E-state index contributed by atoms with van der Waals surface area (Å²) in [6.45, 7) is 26.8. The van der Waals surface area contributed by atoms with Crippen LogP contribution in [0.3, 0.4) is 0 Å². The molecule has 56 heavy (non-hydrogen) atoms. The average Bonchev–Trinajstić information content (AvgIpc) is 3.57. The molecule has 10 aliphatic rings. The third kappa shape index (κ3) is 5.06. The fourth-order valence-electron chi connectivity index (χ4n) is 17.5. The standard InChI is InChI=1S/C47H74N2O7/c1-28-24-34(40(42(6,7)51)54-30(3)50)55-39-33-12-16-47(33)36-11-10-35-41(4,5)37(13-17-45(35)29(2)46(36,45)19-18-43(47,8)38(28)39)56-44(9)27-49(22-23-53-44)31-14-20-48(21-15-31)32-25-52-26-32/h12,16,28-29,31-40,51H,10-11,13-15,17-27H2,1-9H3. The smallest absolute Gasteiger partial charge is 0.303 e. The fourth-order valence-corrected chi connectivity index (χ4v) is 17.5. The molecule has 0 aromatic rings. The molecule has 0 aromatic heterocycles. The first-order chi connectivity index (χ1) is 26.4. The minimum absolute atomic E-state index is 0.0659. The van der Waals surface area contributed by atoms with Crippen LogP contribution in [-0.4, -0.2) is 115 Å². The maximum atomic E-state index is 12.2. The number of carbonyl (C=O) groups is 1. The van der Waals surface area contributed by atoms with Gasteiger partial charge >= 0.3 is 5.97 Å². The molecule has 4 saturated heterocycles. The maximum absolute atomic E-state index is 12.2. The highest BCUT2D eigenvalue weighted by atomic mass is 16.7. The zero-order valence-corrected chi connectivity index (χ0v) is 36.2. The molecule has 1 N–H and O–H groups in total. The Morgan fingerprint density at radius 1 is 0.911 bits per heavy atom. The molecule has 9 heteroatoms. The van der Waals surface area contributed by atoms with Crippen LogP contribution in [-0.2, 0) is 28.5 Å². The molecule has 5 saturated carbocycles. The summed E-state index contributed by atoms with van der Waals surface area (Å²) in [4.78, 5) is 17.6. The monoisotopic (exact) mass is 779 g/mol. The van der Waals surface area contributed by atoms with Crippen LogP contribution in [0.4, 0.5) is 0 Å². The molecule has 9 nitrogen and oxygen atoms in total. The van der Waals surface area contributed by atoms with Gasteiger partial charge in [-0.25, -0.2) is 0 Å². The maximum Gasteiger partial charge on any atom is 0.303 e. The molecule has 15 atom stereocenters. The third-order valence-electron chi connectivity index (χ3n) is 19.8. The van der Waals surface area contributed by atoms with Gasteiger partial charge in [-0.1, -0.05) is 46.8 Å². The van der Waals surface area contributed by atoms with Crippen LogP contribution < -0.4 is 0 Å². The van der Waals surface area contributed by atoms with Crippen LogP contribution in [0.2, 0.25) is 0 Å². The summed E-state index contributed by atoms with van der Waals surface area (Å²) < 4.78 is 32.4. The minimum Gasteiger partial charge on any atom is -0.457 e. The van der Waals surface area contributed by atoms with Crippen molar-refractivity contribution in [2.24, 2.45) is 62.6 Å². The van der Waals surface area contributed by atoms with Crippen molar-refractivity contribution in [3.8, 4) is 0 Å². The van der Waals surface area contributed by atoms with E-state index in [2.05, 4.69) is 63.5 Å². The second-order valence-corrected chi connectivity index (χ2v) is 22.7. The van der Waals surface area contributed by atoms with Crippen LogP contribution in [0.15, 0.2) is 12.2 Å². The molecule has 4 aliphatic heterocycles. The van der Waals surface area contributed by atoms with Gasteiger partial charge in [0.2, 0.25) is 0 Å². The molecule has 9 fully saturated rings. The van der Waals surface area contributed by atoms with Gasteiger partial charge in [0.1, 0.15) is 0 Å². The van der Waals surface area contributed by atoms with E-state index in [9.17, 15) is 9.90 Å². The van der Waals surface area contributed by atoms with Crippen molar-refractivity contribution in [1.82, 2.24) is 9.80 Å². The Morgan fingerprint density at radius 2 is 1.62 bits per heavy atom. The van der Waals surface area contributed by atoms with Gasteiger partial charge in [0.25, 0.3) is 0 Å². The van der Waals surface area contributed by atoms with Crippen LogP contribution in [0.25, 0.3) is 0 Å². The number of piperidine rings is 1. The van der Waals surface area contributed by atoms with E-state index in [1.807, 2.05) is 0 Å². The van der Waals surface area contributed by atoms with E-state index in [0.717, 1.165) is 45.8 Å². The lowest BCUT2D eigenvalue weighted by atomic mass is 9.38. The van der Waals surface area contributed by atoms with E-state index in [1.54, 1.807) is 13.8 Å². The Kier molecular flexibility index (Phi) is 8.89. The SMILES string of the molecule is CC(=O)OC(C1CC(C)C2C(O1)C1C=CC13C1CCC4C(C)(C)C(OC5(C)CN(C6CCN(C7COC7)CC6)CCO5)CCC45C(C)C15CCC23C)C(C)(C)O. The predicted molar refractivity (Wildman–Crippen MR) is 213 cm³/mol. The number of nitrogens with zero attached hydrogens (tertiary/aromatic N) is 2. The lowest BCUT2D eigenvalue weighted by molar-refractivity contribution is -0.307. The van der Waals surface area contributed by atoms with E-state index >= 15 is 0 Å². The Bertz CT molecular complexity index is 1600. The van der Waals surface area contributed by atoms with Crippen molar-refractivity contribution in [2.75, 3.05) is 46.0 Å². The highest BCUT2D eigenvalue weighted by Crippen LogP contribution is 2.93. The number of hydrogen-bond donors (Lipinski definition) is 1. The number of esters is 1. The lowest BCUT2D eigenvalue weighted by Crippen LogP contribution is -2.62. The Balaban J connectivity index is 0.869. The molecule has 314 valence electrons. The highest BCUT2D eigenvalue weighted by Gasteiger charge is 2.89. The van der Waals surface area contributed by atoms with Gasteiger partial charge in [0, 0.05) is 43.9 Å². The summed E-state index contributed by atoms with van der Waals surface area (Å²) in [5.41, 5.74) is -0.0566. The summed E-state index contributed by atoms with van der Waals surface area (Å²) in [6.07, 6.45) is 15.3. The van der Waals surface area contributed by atoms with Gasteiger partial charge in [-0.05, 0) is 130 Å². The van der Waals surface area contributed by atoms with E-state index in [-0.39, 0.29) is 40.5 Å². The van der Waals surface area contributed by atoms with Gasteiger partial charge in [-0.15, -0.1) is 0 Å². The number of hydrogen-bond acceptors (Lipinski definition) is 9. The molecule has 3 spiro atoms. The fraction of sp³-hybridized carbons (Fsp3) is 0.936. The van der Waals surface area contributed by atoms with Crippen LogP contribution >= 0.6 is 0 Å². The van der Waals surface area contributed by atoms with Crippen molar-refractivity contribution in [3.63, 3.8) is 0 Å². The quantitative estimate of drug-likeness (QED) is 0.220. The molecule has 15 unspecified atom stereocenters. The van der Waals surface area contributed by atoms with Gasteiger partial charge in [0.15, 0.2) is 11.9 Å². The van der Waals surface area contributed by atoms with Crippen LogP contribution in [0.5, 0.6) is 0 Å². The summed E-state index contributed by atoms with van der Waals surface area (Å²) in [5, 5.41) is 11.2. The summed E-state index contributed by atoms with van der Waals surface area (Å²) in [7, 11) is 0. The van der Waals surface area contributed by atoms with Gasteiger partial charge in [-0.3, -0.25) is 14.6 Å². The largest absolute Gasteiger partial charge is 0.457 e. The lowest BCUT2D eigenvalue weighted by Gasteiger charge is -2.66. The molecular weight excluding hydrogens is 705 g/mol. The number of allylic oxidation sites excluding steroid dienone is 1. The van der Waals surface area contributed by atoms with E-state index in [0.29, 0.717) is 58.4 Å². The number of morpholine rings is 1. The van der Waals surface area contributed by atoms with Crippen LogP contribution in [0, 0.1) is 62.6 Å². The van der Waals surface area contributed by atoms with E-state index in [1.165, 1.54) is 65.0 Å². The molecule has 0 amide bonds. The number of ether oxygens (including phenoxy) is 5. The van der Waals surface area contributed by atoms with Crippen molar-refractivity contribution >= 4 is 5.97 Å². The average molecular weight is 779 g/mol. The van der Waals surface area contributed by atoms with Gasteiger partial charge < -0.3 is 28.8 Å². The second-order valence-electron chi connectivity index (χ2n) is 22.7. The zero-order chi connectivity index (χ0) is 39.4. The molecular formula is C47H74N2O7. The Morgan fingerprint density at radius 3 is 2.27 bits per heavy atom. The predicted octanol–water partition coefficient (Wildman–Crippen LogP) is 6.85. The first-order valence-electron chi connectivity index (χ1n) is 23.0. The number of rotatable bonds is 7. The van der Waals surface area contributed by atoms with Crippen molar-refractivity contribution in [1.29, 1.82) is 0 Å². The van der Waals surface area contributed by atoms with E-state index < -0.39 is 17.5 Å². The number of likely N-dealkylation sites (tertiary alicyclic amines) is 1. The molecule has 4 heterocycles. The first-order valence-corrected chi connectivity index (χ1v) is 23.0. The molecule has 6 aliphatic carbocycles. The molecule has 10 rings (SSSR count). The molecule has 0 radical (unpaired) electrons. The third-order valence-corrected chi connectivity index (χ3v) is 19.8. The topological polar surface area (TPSA) is 89.9 Å². The highest BCUT2D eigenvalue weighted by molar-refractivity contribution is 5.66. The first kappa shape index (κ1) is 39.1. The van der Waals surface area contributed by atoms with Crippen molar-refractivity contribution in [2.45, 2.75) is 168 Å². The molecule has 0 bridgehead atoms. The normalized spacial score (nSPS) is 51.9. The molecule has 0 aromatic carbocycles. The summed E-state index contributed by atoms with van der Waals surface area (Å²) in [5.74, 6) is 2.36. The summed E-state index contributed by atoms with van der Waals surface area (Å²) in [6, 6.07) is 1.25. The van der Waals surface area contributed by atoms with E-state index in [4.69, 9.17) is 23.7 Å². The number of fused-ring (bicyclic) bond motifs is 3. The number of carbonyl (C=O) groups excluding carboxylic acids is 1. The number of aliphatic hydroxyl groups is 1. The summed E-state index contributed by atoms with van der Waals surface area (Å²) >= 11 is 0. The van der Waals surface area contributed by atoms with Crippen LogP contribution in [0.1, 0.15) is 120 Å².